The van der Waals surface area contributed by atoms with Crippen molar-refractivity contribution < 1.29 is 28.6 Å². The number of piperidine rings is 1. The third kappa shape index (κ3) is 4.44. The van der Waals surface area contributed by atoms with Crippen LogP contribution in [0.3, 0.4) is 0 Å². The first-order chi connectivity index (χ1) is 17.2. The molecule has 0 radical (unpaired) electrons. The topological polar surface area (TPSA) is 101 Å². The van der Waals surface area contributed by atoms with Crippen molar-refractivity contribution in [2.45, 2.75) is 35.2 Å². The van der Waals surface area contributed by atoms with E-state index in [-0.39, 0.29) is 28.6 Å². The molecule has 36 heavy (non-hydrogen) atoms. The monoisotopic (exact) mass is 531 g/mol. The van der Waals surface area contributed by atoms with Gasteiger partial charge in [-0.1, -0.05) is 29.4 Å². The van der Waals surface area contributed by atoms with Crippen LogP contribution in [0.15, 0.2) is 46.2 Å². The number of aromatic nitrogens is 1. The number of carbonyl (C=O) groups is 3. The highest BCUT2D eigenvalue weighted by Gasteiger charge is 2.43. The zero-order chi connectivity index (χ0) is 25.6. The predicted octanol–water partition coefficient (Wildman–Crippen LogP) is 4.81. The minimum Gasteiger partial charge on any atom is -0.478 e. The van der Waals surface area contributed by atoms with Crippen molar-refractivity contribution in [3.05, 3.63) is 58.5 Å². The molecule has 2 saturated heterocycles. The van der Waals surface area contributed by atoms with Gasteiger partial charge < -0.3 is 15.2 Å². The Morgan fingerprint density at radius 2 is 2.00 bits per heavy atom. The summed E-state index contributed by atoms with van der Waals surface area (Å²) in [5.74, 6) is -2.03. The minimum absolute atomic E-state index is 0.0621. The number of nitrogens with zero attached hydrogens (tertiary/aromatic N) is 2. The highest BCUT2D eigenvalue weighted by atomic mass is 35.5. The number of carboxylic acids is 1. The van der Waals surface area contributed by atoms with Crippen LogP contribution in [0, 0.1) is 12.7 Å². The number of alkyl carbamates (subject to hydrolysis) is 1. The summed E-state index contributed by atoms with van der Waals surface area (Å²) in [6.45, 7) is 3.38. The summed E-state index contributed by atoms with van der Waals surface area (Å²) < 4.78 is 22.1. The molecular formula is C25H23ClFN3O5S. The Balaban J connectivity index is 1.45. The van der Waals surface area contributed by atoms with Crippen molar-refractivity contribution in [2.75, 3.05) is 26.2 Å². The molecule has 5 rings (SSSR count). The number of carboxylic acid groups (broad SMARTS) is 1. The van der Waals surface area contributed by atoms with Crippen LogP contribution in [0.2, 0.25) is 5.02 Å². The van der Waals surface area contributed by atoms with Gasteiger partial charge in [0.1, 0.15) is 5.60 Å². The van der Waals surface area contributed by atoms with E-state index >= 15 is 4.39 Å². The van der Waals surface area contributed by atoms with E-state index in [2.05, 4.69) is 5.32 Å². The molecule has 11 heteroatoms. The fraction of sp³-hybridized carbons (Fsp3) is 0.320. The van der Waals surface area contributed by atoms with Crippen LogP contribution in [0.25, 0.3) is 10.9 Å². The molecule has 188 valence electrons. The van der Waals surface area contributed by atoms with E-state index in [9.17, 15) is 19.5 Å². The van der Waals surface area contributed by atoms with Gasteiger partial charge in [0.2, 0.25) is 5.91 Å². The first-order valence-corrected chi connectivity index (χ1v) is 12.6. The lowest BCUT2D eigenvalue weighted by atomic mass is 9.92. The number of carbonyl (C=O) groups excluding carboxylic acids is 2. The number of hydrogen-bond donors (Lipinski definition) is 2. The third-order valence-corrected chi connectivity index (χ3v) is 8.24. The lowest BCUT2D eigenvalue weighted by molar-refractivity contribution is 0.00103. The number of likely N-dealkylation sites (tertiary alicyclic amines) is 1. The Kier molecular flexibility index (Phi) is 6.44. The average molecular weight is 532 g/mol. The van der Waals surface area contributed by atoms with Crippen molar-refractivity contribution in [2.24, 2.45) is 0 Å². The Hall–Kier alpha value is -3.08. The van der Waals surface area contributed by atoms with Gasteiger partial charge in [-0.2, -0.15) is 0 Å². The SMILES string of the molecule is Cc1c(Sc2cccc(C(=O)O)c2)c2ccc(Cl)c(F)c2n1C(=O)CN1CCC2(CC1)CNC(=O)O2. The van der Waals surface area contributed by atoms with E-state index in [4.69, 9.17) is 16.3 Å². The maximum absolute atomic E-state index is 15.3. The number of halogens is 2. The summed E-state index contributed by atoms with van der Waals surface area (Å²) in [7, 11) is 0. The molecule has 0 saturated carbocycles. The molecule has 2 fully saturated rings. The molecule has 2 aliphatic rings. The summed E-state index contributed by atoms with van der Waals surface area (Å²) in [6, 6.07) is 9.57. The Labute approximate surface area is 215 Å². The van der Waals surface area contributed by atoms with Gasteiger partial charge >= 0.3 is 12.1 Å². The van der Waals surface area contributed by atoms with E-state index < -0.39 is 23.5 Å². The molecule has 0 unspecified atom stereocenters. The molecule has 8 nitrogen and oxygen atoms in total. The van der Waals surface area contributed by atoms with Crippen LogP contribution in [0.1, 0.15) is 33.7 Å². The summed E-state index contributed by atoms with van der Waals surface area (Å²) in [5, 5.41) is 12.5. The highest BCUT2D eigenvalue weighted by Crippen LogP contribution is 2.41. The summed E-state index contributed by atoms with van der Waals surface area (Å²) in [4.78, 5) is 39.7. The quantitative estimate of drug-likeness (QED) is 0.487. The van der Waals surface area contributed by atoms with E-state index in [1.807, 2.05) is 4.90 Å². The van der Waals surface area contributed by atoms with Gasteiger partial charge in [0.25, 0.3) is 0 Å². The number of nitrogens with one attached hydrogen (secondary N) is 1. The van der Waals surface area contributed by atoms with Gasteiger partial charge in [-0.25, -0.2) is 14.0 Å². The van der Waals surface area contributed by atoms with Gasteiger partial charge in [-0.3, -0.25) is 14.3 Å². The highest BCUT2D eigenvalue weighted by molar-refractivity contribution is 7.99. The van der Waals surface area contributed by atoms with Crippen LogP contribution in [-0.4, -0.2) is 64.3 Å². The lowest BCUT2D eigenvalue weighted by Gasteiger charge is -2.36. The Morgan fingerprint density at radius 1 is 1.25 bits per heavy atom. The molecule has 2 N–H and O–H groups in total. The van der Waals surface area contributed by atoms with Gasteiger partial charge in [0.05, 0.1) is 29.2 Å². The molecule has 1 amide bonds. The summed E-state index contributed by atoms with van der Waals surface area (Å²) in [5.41, 5.74) is 0.256. The van der Waals surface area contributed by atoms with Crippen LogP contribution < -0.4 is 5.32 Å². The van der Waals surface area contributed by atoms with E-state index in [1.165, 1.54) is 34.5 Å². The first kappa shape index (κ1) is 24.6. The summed E-state index contributed by atoms with van der Waals surface area (Å²) >= 11 is 7.36. The molecule has 0 atom stereocenters. The lowest BCUT2D eigenvalue weighted by Crippen LogP contribution is -2.48. The minimum atomic E-state index is -1.05. The molecule has 2 aromatic carbocycles. The molecule has 0 bridgehead atoms. The molecule has 2 aliphatic heterocycles. The van der Waals surface area contributed by atoms with Crippen molar-refractivity contribution in [3.8, 4) is 0 Å². The zero-order valence-electron chi connectivity index (χ0n) is 19.3. The standard InChI is InChI=1S/C25H23ClFN3O5S/c1-14-22(36-16-4-2-3-15(11-16)23(32)33)17-5-6-18(26)20(27)21(17)30(14)19(31)12-29-9-7-25(8-10-29)13-28-24(34)35-25/h2-6,11H,7-10,12-13H2,1H3,(H,28,34)(H,32,33). The second-order valence-corrected chi connectivity index (χ2v) is 10.5. The van der Waals surface area contributed by atoms with E-state index in [1.54, 1.807) is 25.1 Å². The Morgan fingerprint density at radius 3 is 2.67 bits per heavy atom. The van der Waals surface area contributed by atoms with Gasteiger partial charge in [-0.05, 0) is 37.3 Å². The number of rotatable bonds is 5. The molecule has 0 aliphatic carbocycles. The number of benzene rings is 2. The van der Waals surface area contributed by atoms with Crippen molar-refractivity contribution in [3.63, 3.8) is 0 Å². The number of aromatic carboxylic acids is 1. The zero-order valence-corrected chi connectivity index (χ0v) is 20.9. The largest absolute Gasteiger partial charge is 0.478 e. The van der Waals surface area contributed by atoms with Crippen molar-refractivity contribution in [1.29, 1.82) is 0 Å². The number of amides is 1. The second kappa shape index (κ2) is 9.42. The van der Waals surface area contributed by atoms with Crippen LogP contribution in [0.4, 0.5) is 9.18 Å². The fourth-order valence-electron chi connectivity index (χ4n) is 4.82. The Bertz CT molecular complexity index is 1400. The molecular weight excluding hydrogens is 509 g/mol. The first-order valence-electron chi connectivity index (χ1n) is 11.4. The van der Waals surface area contributed by atoms with Gasteiger partial charge in [0, 0.05) is 46.8 Å². The summed E-state index contributed by atoms with van der Waals surface area (Å²) in [6.07, 6.45) is 0.789. The number of fused-ring (bicyclic) bond motifs is 1. The maximum atomic E-state index is 15.3. The fourth-order valence-corrected chi connectivity index (χ4v) is 6.05. The van der Waals surface area contributed by atoms with Crippen molar-refractivity contribution in [1.82, 2.24) is 14.8 Å². The van der Waals surface area contributed by atoms with Gasteiger partial charge in [0.15, 0.2) is 5.82 Å². The van der Waals surface area contributed by atoms with Crippen LogP contribution in [-0.2, 0) is 4.74 Å². The van der Waals surface area contributed by atoms with E-state index in [0.717, 1.165) is 0 Å². The van der Waals surface area contributed by atoms with Crippen LogP contribution in [0.5, 0.6) is 0 Å². The predicted molar refractivity (Wildman–Crippen MR) is 133 cm³/mol. The second-order valence-electron chi connectivity index (χ2n) is 9.04. The third-order valence-electron chi connectivity index (χ3n) is 6.74. The van der Waals surface area contributed by atoms with E-state index in [0.29, 0.717) is 53.3 Å². The van der Waals surface area contributed by atoms with Crippen molar-refractivity contribution >= 4 is 52.2 Å². The van der Waals surface area contributed by atoms with Crippen LogP contribution >= 0.6 is 23.4 Å². The molecule has 3 heterocycles. The average Bonchev–Trinajstić information content (AvgIpc) is 3.35. The number of ether oxygens (including phenoxy) is 1. The van der Waals surface area contributed by atoms with Gasteiger partial charge in [-0.15, -0.1) is 0 Å². The normalized spacial score (nSPS) is 17.4. The maximum Gasteiger partial charge on any atom is 0.407 e. The number of hydrogen-bond acceptors (Lipinski definition) is 6. The smallest absolute Gasteiger partial charge is 0.407 e. The molecule has 1 aromatic heterocycles. The molecule has 1 spiro atoms. The molecule has 3 aromatic rings.